The van der Waals surface area contributed by atoms with Crippen LogP contribution in [0, 0.1) is 5.82 Å². The van der Waals surface area contributed by atoms with Gasteiger partial charge in [-0.25, -0.2) is 8.78 Å². The van der Waals surface area contributed by atoms with Gasteiger partial charge in [-0.3, -0.25) is 0 Å². The second kappa shape index (κ2) is 7.89. The molecule has 1 aromatic rings. The summed E-state index contributed by atoms with van der Waals surface area (Å²) in [5.41, 5.74) is -2.73. The van der Waals surface area contributed by atoms with Gasteiger partial charge in [0.05, 0.1) is 17.8 Å². The first kappa shape index (κ1) is 21.9. The molecule has 1 aromatic carbocycles. The van der Waals surface area contributed by atoms with Gasteiger partial charge >= 0.3 is 13.3 Å². The first-order chi connectivity index (χ1) is 12.3. The Morgan fingerprint density at radius 2 is 1.63 bits per heavy atom. The van der Waals surface area contributed by atoms with Crippen molar-refractivity contribution < 1.29 is 36.0 Å². The van der Waals surface area contributed by atoms with Crippen molar-refractivity contribution in [2.75, 3.05) is 13.2 Å². The van der Waals surface area contributed by atoms with E-state index >= 15 is 4.39 Å². The molecule has 27 heavy (non-hydrogen) atoms. The van der Waals surface area contributed by atoms with Gasteiger partial charge in [0.1, 0.15) is 18.2 Å². The van der Waals surface area contributed by atoms with Gasteiger partial charge in [0.25, 0.3) is 0 Å². The van der Waals surface area contributed by atoms with E-state index in [2.05, 4.69) is 4.74 Å². The van der Waals surface area contributed by atoms with Crippen molar-refractivity contribution >= 4 is 12.7 Å². The molecule has 1 heterocycles. The van der Waals surface area contributed by atoms with E-state index in [0.717, 1.165) is 6.07 Å². The molecule has 9 heteroatoms. The smallest absolute Gasteiger partial charge is 0.398 e. The normalized spacial score (nSPS) is 20.0. The number of ether oxygens (including phenoxy) is 1. The Morgan fingerprint density at radius 1 is 1.07 bits per heavy atom. The molecule has 1 fully saturated rings. The van der Waals surface area contributed by atoms with Crippen LogP contribution in [0.5, 0.6) is 0 Å². The van der Waals surface area contributed by atoms with E-state index in [1.165, 1.54) is 18.2 Å². The first-order valence-corrected chi connectivity index (χ1v) is 8.48. The highest BCUT2D eigenvalue weighted by molar-refractivity contribution is 6.55. The summed E-state index contributed by atoms with van der Waals surface area (Å²) in [6.45, 7) is 5.03. The van der Waals surface area contributed by atoms with Crippen molar-refractivity contribution in [3.8, 4) is 0 Å². The van der Waals surface area contributed by atoms with Crippen LogP contribution in [0.1, 0.15) is 39.7 Å². The van der Waals surface area contributed by atoms with Crippen LogP contribution in [0.25, 0.3) is 5.57 Å². The van der Waals surface area contributed by atoms with Gasteiger partial charge in [-0.05, 0) is 45.8 Å². The highest BCUT2D eigenvalue weighted by atomic mass is 19.4. The molecule has 0 aliphatic carbocycles. The molecule has 1 saturated heterocycles. The number of hydrogen-bond acceptors (Lipinski definition) is 3. The maximum Gasteiger partial charge on any atom is 0.525 e. The second-order valence-electron chi connectivity index (χ2n) is 7.31. The third-order valence-electron chi connectivity index (χ3n) is 4.71. The number of alkyl halides is 3. The minimum atomic E-state index is -4.49. The van der Waals surface area contributed by atoms with Crippen molar-refractivity contribution in [3.63, 3.8) is 0 Å². The Morgan fingerprint density at radius 3 is 2.15 bits per heavy atom. The van der Waals surface area contributed by atoms with Crippen LogP contribution in [0.3, 0.4) is 0 Å². The predicted octanol–water partition coefficient (Wildman–Crippen LogP) is 5.11. The van der Waals surface area contributed by atoms with Gasteiger partial charge in [0.2, 0.25) is 0 Å². The van der Waals surface area contributed by atoms with E-state index in [-0.39, 0.29) is 17.6 Å². The van der Waals surface area contributed by atoms with E-state index in [1.807, 2.05) is 0 Å². The Bertz CT molecular complexity index is 684. The van der Waals surface area contributed by atoms with Gasteiger partial charge in [-0.1, -0.05) is 18.2 Å². The lowest BCUT2D eigenvalue weighted by molar-refractivity contribution is -0.173. The topological polar surface area (TPSA) is 27.7 Å². The fourth-order valence-electron chi connectivity index (χ4n) is 2.54. The monoisotopic (exact) mass is 392 g/mol. The molecular formula is C18H22BF5O3. The van der Waals surface area contributed by atoms with E-state index < -0.39 is 49.3 Å². The highest BCUT2D eigenvalue weighted by Gasteiger charge is 2.53. The number of halogens is 5. The van der Waals surface area contributed by atoms with Crippen molar-refractivity contribution in [2.24, 2.45) is 0 Å². The van der Waals surface area contributed by atoms with Crippen molar-refractivity contribution in [2.45, 2.75) is 51.5 Å². The summed E-state index contributed by atoms with van der Waals surface area (Å²) in [5, 5.41) is 0. The number of hydrogen-bond donors (Lipinski definition) is 0. The van der Waals surface area contributed by atoms with Gasteiger partial charge in [0.15, 0.2) is 0 Å². The Kier molecular flexibility index (Phi) is 6.38. The lowest BCUT2D eigenvalue weighted by Gasteiger charge is -2.32. The van der Waals surface area contributed by atoms with Crippen LogP contribution in [0.15, 0.2) is 30.0 Å². The average molecular weight is 392 g/mol. The molecule has 1 aliphatic rings. The van der Waals surface area contributed by atoms with E-state index in [1.54, 1.807) is 27.7 Å². The molecule has 0 spiro atoms. The third-order valence-corrected chi connectivity index (χ3v) is 4.71. The standard InChI is InChI=1S/C18H22BF5O3/c1-16(2)17(3,4)27-19(26-16)15(21)13(9-10-25-11-18(22,23)24)12-7-5-6-8-14(12)20/h5-8H,9-11H2,1-4H3. The molecule has 0 aromatic heterocycles. The fraction of sp³-hybridized carbons (Fsp3) is 0.556. The van der Waals surface area contributed by atoms with Crippen molar-refractivity contribution in [3.05, 3.63) is 41.4 Å². The Balaban J connectivity index is 2.29. The molecule has 0 radical (unpaired) electrons. The number of benzene rings is 1. The summed E-state index contributed by atoms with van der Waals surface area (Å²) in [7, 11) is -1.38. The van der Waals surface area contributed by atoms with E-state index in [9.17, 15) is 17.6 Å². The summed E-state index contributed by atoms with van der Waals surface area (Å²) in [6.07, 6.45) is -4.76. The zero-order chi connectivity index (χ0) is 20.5. The fourth-order valence-corrected chi connectivity index (χ4v) is 2.54. The molecule has 0 saturated carbocycles. The molecular weight excluding hydrogens is 370 g/mol. The summed E-state index contributed by atoms with van der Waals surface area (Å²) < 4.78 is 81.9. The zero-order valence-corrected chi connectivity index (χ0v) is 15.6. The minimum absolute atomic E-state index is 0.0691. The molecule has 0 unspecified atom stereocenters. The minimum Gasteiger partial charge on any atom is -0.398 e. The van der Waals surface area contributed by atoms with Crippen LogP contribution < -0.4 is 0 Å². The van der Waals surface area contributed by atoms with Crippen molar-refractivity contribution in [1.82, 2.24) is 0 Å². The molecule has 3 nitrogen and oxygen atoms in total. The van der Waals surface area contributed by atoms with Crippen LogP contribution in [-0.2, 0) is 14.0 Å². The molecule has 150 valence electrons. The maximum absolute atomic E-state index is 15.2. The molecule has 1 aliphatic heterocycles. The molecule has 0 N–H and O–H groups in total. The van der Waals surface area contributed by atoms with E-state index in [0.29, 0.717) is 0 Å². The van der Waals surface area contributed by atoms with E-state index in [4.69, 9.17) is 9.31 Å². The average Bonchev–Trinajstić information content (AvgIpc) is 2.75. The van der Waals surface area contributed by atoms with Crippen LogP contribution in [0.2, 0.25) is 0 Å². The molecule has 0 bridgehead atoms. The molecule has 0 atom stereocenters. The molecule has 2 rings (SSSR count). The van der Waals surface area contributed by atoms with Crippen LogP contribution in [-0.4, -0.2) is 37.7 Å². The summed E-state index contributed by atoms with van der Waals surface area (Å²) in [4.78, 5) is 0. The Hall–Kier alpha value is -1.45. The lowest BCUT2D eigenvalue weighted by atomic mass is 9.81. The van der Waals surface area contributed by atoms with Crippen LogP contribution in [0.4, 0.5) is 22.0 Å². The summed E-state index contributed by atoms with van der Waals surface area (Å²) in [6, 6.07) is 5.43. The Labute approximate surface area is 155 Å². The van der Waals surface area contributed by atoms with Crippen LogP contribution >= 0.6 is 0 Å². The van der Waals surface area contributed by atoms with Gasteiger partial charge in [-0.2, -0.15) is 13.2 Å². The summed E-state index contributed by atoms with van der Waals surface area (Å²) in [5.74, 6) is -0.699. The largest absolute Gasteiger partial charge is 0.525 e. The second-order valence-corrected chi connectivity index (χ2v) is 7.31. The van der Waals surface area contributed by atoms with Gasteiger partial charge in [0, 0.05) is 5.56 Å². The first-order valence-electron chi connectivity index (χ1n) is 8.48. The van der Waals surface area contributed by atoms with Crippen molar-refractivity contribution in [1.29, 1.82) is 0 Å². The molecule has 0 amide bonds. The summed E-state index contributed by atoms with van der Waals surface area (Å²) >= 11 is 0. The van der Waals surface area contributed by atoms with Gasteiger partial charge in [-0.15, -0.1) is 0 Å². The SMILES string of the molecule is CC1(C)OB(C(F)=C(CCOCC(F)(F)F)c2ccccc2F)OC1(C)C. The number of rotatable bonds is 6. The highest BCUT2D eigenvalue weighted by Crippen LogP contribution is 2.41. The quantitative estimate of drug-likeness (QED) is 0.383. The predicted molar refractivity (Wildman–Crippen MR) is 92.0 cm³/mol. The lowest BCUT2D eigenvalue weighted by Crippen LogP contribution is -2.41. The van der Waals surface area contributed by atoms with Gasteiger partial charge < -0.3 is 14.0 Å². The third kappa shape index (κ3) is 5.30. The zero-order valence-electron chi connectivity index (χ0n) is 15.6. The maximum atomic E-state index is 15.2.